The SMILES string of the molecule is NC(=O)[C@@H]1[C@H](Nc2c(Cl)cnc3[nH]c(-c4cnn(C5CCN(C(=O)O)CC5)c4)nc23)[C@H]2C=C[C@@H]1C2. The fourth-order valence-corrected chi connectivity index (χ4v) is 5.95. The Kier molecular flexibility index (Phi) is 5.17. The molecule has 4 atom stereocenters. The molecule has 0 radical (unpaired) electrons. The van der Waals surface area contributed by atoms with Crippen LogP contribution in [-0.4, -0.2) is 65.9 Å². The Balaban J connectivity index is 1.27. The number of halogens is 1. The van der Waals surface area contributed by atoms with E-state index in [0.29, 0.717) is 53.6 Å². The molecule has 3 aromatic heterocycles. The highest BCUT2D eigenvalue weighted by Gasteiger charge is 2.47. The fourth-order valence-electron chi connectivity index (χ4n) is 5.76. The number of nitrogens with two attached hydrogens (primary N) is 1. The lowest BCUT2D eigenvalue weighted by Gasteiger charge is -2.29. The van der Waals surface area contributed by atoms with Crippen LogP contribution in [0.15, 0.2) is 30.7 Å². The topological polar surface area (TPSA) is 155 Å². The number of allylic oxidation sites excluding steroid dienone is 1. The predicted molar refractivity (Wildman–Crippen MR) is 129 cm³/mol. The number of hydrogen-bond donors (Lipinski definition) is 4. The smallest absolute Gasteiger partial charge is 0.407 e. The molecule has 2 bridgehead atoms. The first-order chi connectivity index (χ1) is 16.9. The van der Waals surface area contributed by atoms with Crippen molar-refractivity contribution < 1.29 is 14.7 Å². The van der Waals surface area contributed by atoms with E-state index in [1.165, 1.54) is 4.90 Å². The molecule has 2 aliphatic carbocycles. The molecule has 11 nitrogen and oxygen atoms in total. The molecule has 2 amide bonds. The summed E-state index contributed by atoms with van der Waals surface area (Å²) in [5, 5.41) is 17.6. The number of carboxylic acid groups (broad SMARTS) is 1. The Labute approximate surface area is 205 Å². The summed E-state index contributed by atoms with van der Waals surface area (Å²) < 4.78 is 1.88. The zero-order valence-electron chi connectivity index (χ0n) is 18.8. The number of likely N-dealkylation sites (tertiary alicyclic amines) is 1. The van der Waals surface area contributed by atoms with Crippen molar-refractivity contribution in [3.05, 3.63) is 35.8 Å². The summed E-state index contributed by atoms with van der Waals surface area (Å²) in [6, 6.07) is -0.0183. The molecule has 4 heterocycles. The van der Waals surface area contributed by atoms with Crippen molar-refractivity contribution in [2.45, 2.75) is 31.3 Å². The number of H-pyrrole nitrogens is 1. The molecule has 1 saturated heterocycles. The number of anilines is 1. The molecular formula is C23H25ClN8O3. The highest BCUT2D eigenvalue weighted by atomic mass is 35.5. The van der Waals surface area contributed by atoms with Gasteiger partial charge in [0.1, 0.15) is 11.3 Å². The van der Waals surface area contributed by atoms with Crippen LogP contribution in [0.3, 0.4) is 0 Å². The van der Waals surface area contributed by atoms with E-state index < -0.39 is 6.09 Å². The Bertz CT molecular complexity index is 1340. The van der Waals surface area contributed by atoms with Crippen molar-refractivity contribution in [2.24, 2.45) is 23.5 Å². The molecule has 6 rings (SSSR count). The van der Waals surface area contributed by atoms with Crippen molar-refractivity contribution in [2.75, 3.05) is 18.4 Å². The van der Waals surface area contributed by atoms with Gasteiger partial charge in [-0.25, -0.2) is 14.8 Å². The van der Waals surface area contributed by atoms with Gasteiger partial charge in [-0.1, -0.05) is 23.8 Å². The number of primary amides is 1. The summed E-state index contributed by atoms with van der Waals surface area (Å²) in [5.41, 5.74) is 8.31. The van der Waals surface area contributed by atoms with Crippen LogP contribution < -0.4 is 11.1 Å². The summed E-state index contributed by atoms with van der Waals surface area (Å²) in [5.74, 6) is 0.347. The minimum absolute atomic E-state index is 0.130. The summed E-state index contributed by atoms with van der Waals surface area (Å²) >= 11 is 6.53. The van der Waals surface area contributed by atoms with E-state index in [4.69, 9.17) is 27.4 Å². The summed E-state index contributed by atoms with van der Waals surface area (Å²) in [4.78, 5) is 37.2. The number of carbonyl (C=O) groups is 2. The molecule has 0 unspecified atom stereocenters. The molecule has 182 valence electrons. The maximum Gasteiger partial charge on any atom is 0.407 e. The Hall–Kier alpha value is -3.60. The molecule has 2 fully saturated rings. The second-order valence-electron chi connectivity index (χ2n) is 9.52. The Morgan fingerprint density at radius 2 is 1.97 bits per heavy atom. The van der Waals surface area contributed by atoms with Crippen LogP contribution in [0.1, 0.15) is 25.3 Å². The van der Waals surface area contributed by atoms with Gasteiger partial charge >= 0.3 is 6.09 Å². The molecule has 1 saturated carbocycles. The van der Waals surface area contributed by atoms with E-state index in [0.717, 1.165) is 12.0 Å². The number of nitrogens with one attached hydrogen (secondary N) is 2. The van der Waals surface area contributed by atoms with Gasteiger partial charge in [0.05, 0.1) is 40.6 Å². The van der Waals surface area contributed by atoms with E-state index in [1.54, 1.807) is 12.4 Å². The number of pyridine rings is 1. The maximum absolute atomic E-state index is 12.2. The van der Waals surface area contributed by atoms with Crippen LogP contribution in [0.5, 0.6) is 0 Å². The van der Waals surface area contributed by atoms with E-state index in [9.17, 15) is 9.59 Å². The van der Waals surface area contributed by atoms with E-state index in [-0.39, 0.29) is 35.7 Å². The third-order valence-corrected chi connectivity index (χ3v) is 7.84. The third-order valence-electron chi connectivity index (χ3n) is 7.55. The number of hydrogen-bond acceptors (Lipinski definition) is 6. The van der Waals surface area contributed by atoms with Gasteiger partial charge in [0.2, 0.25) is 5.91 Å². The largest absolute Gasteiger partial charge is 0.465 e. The molecular weight excluding hydrogens is 472 g/mol. The van der Waals surface area contributed by atoms with Gasteiger partial charge in [0, 0.05) is 25.3 Å². The number of amides is 2. The van der Waals surface area contributed by atoms with Crippen LogP contribution in [0, 0.1) is 17.8 Å². The quantitative estimate of drug-likeness (QED) is 0.396. The predicted octanol–water partition coefficient (Wildman–Crippen LogP) is 2.88. The minimum atomic E-state index is -0.883. The lowest BCUT2D eigenvalue weighted by Crippen LogP contribution is -2.41. The highest BCUT2D eigenvalue weighted by molar-refractivity contribution is 6.34. The summed E-state index contributed by atoms with van der Waals surface area (Å²) in [6.07, 6.45) is 10.9. The average molecular weight is 497 g/mol. The van der Waals surface area contributed by atoms with Gasteiger partial charge < -0.3 is 26.0 Å². The van der Waals surface area contributed by atoms with Crippen LogP contribution in [0.2, 0.25) is 5.02 Å². The van der Waals surface area contributed by atoms with Gasteiger partial charge in [-0.15, -0.1) is 0 Å². The summed E-state index contributed by atoms with van der Waals surface area (Å²) in [6.45, 7) is 0.976. The number of aromatic nitrogens is 5. The zero-order valence-corrected chi connectivity index (χ0v) is 19.5. The molecule has 35 heavy (non-hydrogen) atoms. The molecule has 3 aliphatic rings. The third kappa shape index (κ3) is 3.70. The first-order valence-electron chi connectivity index (χ1n) is 11.7. The van der Waals surface area contributed by atoms with Crippen LogP contribution in [-0.2, 0) is 4.79 Å². The van der Waals surface area contributed by atoms with Crippen molar-refractivity contribution in [3.63, 3.8) is 0 Å². The van der Waals surface area contributed by atoms with Gasteiger partial charge in [-0.2, -0.15) is 5.10 Å². The molecule has 1 aliphatic heterocycles. The van der Waals surface area contributed by atoms with E-state index in [1.807, 2.05) is 10.9 Å². The number of nitrogens with zero attached hydrogens (tertiary/aromatic N) is 5. The van der Waals surface area contributed by atoms with Crippen molar-refractivity contribution in [3.8, 4) is 11.4 Å². The monoisotopic (exact) mass is 496 g/mol. The van der Waals surface area contributed by atoms with Gasteiger partial charge in [0.15, 0.2) is 5.65 Å². The lowest BCUT2D eigenvalue weighted by atomic mass is 9.88. The van der Waals surface area contributed by atoms with Gasteiger partial charge in [0.25, 0.3) is 0 Å². The molecule has 0 spiro atoms. The number of aromatic amines is 1. The Morgan fingerprint density at radius 3 is 2.71 bits per heavy atom. The standard InChI is InChI=1S/C23H25ClN8O3/c24-15-9-26-22-19(18(15)28-17-12-2-1-11(7-12)16(17)20(25)33)29-21(30-22)13-8-27-32(10-13)14-3-5-31(6-4-14)23(34)35/h1-2,8-12,14,16-17H,3-7H2,(H2,25,33)(H,34,35)(H2,26,28,29,30)/t11-,12+,16+,17-/m1/s1. The molecule has 0 aromatic carbocycles. The van der Waals surface area contributed by atoms with E-state index in [2.05, 4.69) is 32.5 Å². The highest BCUT2D eigenvalue weighted by Crippen LogP contribution is 2.46. The molecule has 5 N–H and O–H groups in total. The number of imidazole rings is 1. The van der Waals surface area contributed by atoms with Crippen molar-refractivity contribution >= 4 is 40.5 Å². The lowest BCUT2D eigenvalue weighted by molar-refractivity contribution is -0.122. The number of carbonyl (C=O) groups excluding carboxylic acids is 1. The number of rotatable bonds is 5. The van der Waals surface area contributed by atoms with Crippen molar-refractivity contribution in [1.82, 2.24) is 29.6 Å². The number of piperidine rings is 1. The van der Waals surface area contributed by atoms with Crippen molar-refractivity contribution in [1.29, 1.82) is 0 Å². The van der Waals surface area contributed by atoms with Gasteiger partial charge in [-0.3, -0.25) is 9.48 Å². The van der Waals surface area contributed by atoms with Crippen LogP contribution >= 0.6 is 11.6 Å². The second kappa shape index (κ2) is 8.26. The van der Waals surface area contributed by atoms with Crippen LogP contribution in [0.4, 0.5) is 10.5 Å². The zero-order chi connectivity index (χ0) is 24.3. The molecule has 3 aromatic rings. The molecule has 12 heteroatoms. The maximum atomic E-state index is 12.2. The van der Waals surface area contributed by atoms with Gasteiger partial charge in [-0.05, 0) is 31.1 Å². The Morgan fingerprint density at radius 1 is 1.20 bits per heavy atom. The van der Waals surface area contributed by atoms with Crippen LogP contribution in [0.25, 0.3) is 22.6 Å². The average Bonchev–Trinajstić information content (AvgIpc) is 3.63. The first-order valence-corrected chi connectivity index (χ1v) is 12.1. The second-order valence-corrected chi connectivity index (χ2v) is 9.93. The fraction of sp³-hybridized carbons (Fsp3) is 0.435. The normalized spacial score (nSPS) is 26.0. The first kappa shape index (κ1) is 21.9. The van der Waals surface area contributed by atoms with E-state index >= 15 is 0 Å². The number of fused-ring (bicyclic) bond motifs is 3. The summed E-state index contributed by atoms with van der Waals surface area (Å²) in [7, 11) is 0. The minimum Gasteiger partial charge on any atom is -0.465 e.